The summed E-state index contributed by atoms with van der Waals surface area (Å²) in [5.41, 5.74) is 2.14. The first kappa shape index (κ1) is 22.3. The van der Waals surface area contributed by atoms with Crippen molar-refractivity contribution in [3.8, 4) is 5.75 Å². The number of nitrogens with zero attached hydrogens (tertiary/aromatic N) is 2. The third kappa shape index (κ3) is 7.23. The lowest BCUT2D eigenvalue weighted by Gasteiger charge is -2.17. The maximum Gasteiger partial charge on any atom is 0.191 e. The zero-order valence-electron chi connectivity index (χ0n) is 16.1. The topological polar surface area (TPSA) is 71.7 Å². The van der Waals surface area contributed by atoms with Crippen LogP contribution in [0.4, 0.5) is 0 Å². The van der Waals surface area contributed by atoms with Crippen molar-refractivity contribution in [2.45, 2.75) is 46.3 Å². The van der Waals surface area contributed by atoms with Crippen molar-refractivity contribution < 1.29 is 9.26 Å². The van der Waals surface area contributed by atoms with Gasteiger partial charge in [-0.15, -0.1) is 24.0 Å². The Morgan fingerprint density at radius 2 is 2.00 bits per heavy atom. The van der Waals surface area contributed by atoms with E-state index in [0.717, 1.165) is 17.2 Å². The highest BCUT2D eigenvalue weighted by Gasteiger charge is 2.09. The van der Waals surface area contributed by atoms with E-state index in [2.05, 4.69) is 47.6 Å². The Bertz CT molecular complexity index is 700. The summed E-state index contributed by atoms with van der Waals surface area (Å²) in [5.74, 6) is 2.72. The summed E-state index contributed by atoms with van der Waals surface area (Å²) >= 11 is 0. The molecule has 1 aromatic heterocycles. The van der Waals surface area contributed by atoms with E-state index >= 15 is 0 Å². The van der Waals surface area contributed by atoms with E-state index in [9.17, 15) is 0 Å². The number of benzene rings is 1. The molecule has 0 radical (unpaired) electrons. The molecule has 2 aromatic rings. The van der Waals surface area contributed by atoms with Crippen LogP contribution in [0.25, 0.3) is 0 Å². The van der Waals surface area contributed by atoms with Gasteiger partial charge in [0.2, 0.25) is 0 Å². The minimum atomic E-state index is 0. The van der Waals surface area contributed by atoms with Gasteiger partial charge in [-0.05, 0) is 37.5 Å². The number of ether oxygens (including phenoxy) is 1. The molecule has 1 aromatic carbocycles. The monoisotopic (exact) mass is 472 g/mol. The van der Waals surface area contributed by atoms with Crippen molar-refractivity contribution in [3.05, 3.63) is 47.3 Å². The Morgan fingerprint density at radius 1 is 1.23 bits per heavy atom. The molecular formula is C19H29IN4O2. The number of nitrogens with one attached hydrogen (secondary N) is 2. The number of aromatic nitrogens is 1. The first-order chi connectivity index (χ1) is 12.0. The van der Waals surface area contributed by atoms with Gasteiger partial charge in [-0.25, -0.2) is 0 Å². The summed E-state index contributed by atoms with van der Waals surface area (Å²) in [6.45, 7) is 9.42. The van der Waals surface area contributed by atoms with Crippen LogP contribution >= 0.6 is 24.0 Å². The van der Waals surface area contributed by atoms with Crippen molar-refractivity contribution in [3.63, 3.8) is 0 Å². The molecule has 0 amide bonds. The lowest BCUT2D eigenvalue weighted by Crippen LogP contribution is -2.41. The first-order valence-electron chi connectivity index (χ1n) is 8.61. The summed E-state index contributed by atoms with van der Waals surface area (Å²) in [4.78, 5) is 4.21. The summed E-state index contributed by atoms with van der Waals surface area (Å²) in [6.07, 6.45) is 0.0122. The van der Waals surface area contributed by atoms with Crippen LogP contribution in [0.2, 0.25) is 0 Å². The zero-order chi connectivity index (χ0) is 18.2. The molecule has 26 heavy (non-hydrogen) atoms. The molecule has 6 nitrogen and oxygen atoms in total. The van der Waals surface area contributed by atoms with Gasteiger partial charge in [0.25, 0.3) is 0 Å². The van der Waals surface area contributed by atoms with E-state index in [1.54, 1.807) is 7.05 Å². The molecule has 2 rings (SSSR count). The fourth-order valence-electron chi connectivity index (χ4n) is 2.28. The molecule has 0 aliphatic heterocycles. The second-order valence-electron chi connectivity index (χ2n) is 6.42. The van der Waals surface area contributed by atoms with Gasteiger partial charge >= 0.3 is 0 Å². The van der Waals surface area contributed by atoms with E-state index in [4.69, 9.17) is 9.26 Å². The summed E-state index contributed by atoms with van der Waals surface area (Å²) < 4.78 is 11.2. The molecular weight excluding hydrogens is 443 g/mol. The van der Waals surface area contributed by atoms with Crippen LogP contribution < -0.4 is 15.4 Å². The normalized spacial score (nSPS) is 12.5. The van der Waals surface area contributed by atoms with E-state index in [-0.39, 0.29) is 30.1 Å². The fraction of sp³-hybridized carbons (Fsp3) is 0.474. The molecule has 7 heteroatoms. The Morgan fingerprint density at radius 3 is 2.62 bits per heavy atom. The highest BCUT2D eigenvalue weighted by molar-refractivity contribution is 14.0. The summed E-state index contributed by atoms with van der Waals surface area (Å²) in [6, 6.07) is 10.0. The van der Waals surface area contributed by atoms with Crippen LogP contribution in [0.1, 0.15) is 43.7 Å². The van der Waals surface area contributed by atoms with Crippen LogP contribution in [0, 0.1) is 6.92 Å². The fourth-order valence-corrected chi connectivity index (χ4v) is 2.28. The molecule has 0 bridgehead atoms. The van der Waals surface area contributed by atoms with Gasteiger partial charge in [0.1, 0.15) is 11.9 Å². The second kappa shape index (κ2) is 11.1. The maximum atomic E-state index is 5.91. The first-order valence-corrected chi connectivity index (χ1v) is 8.61. The van der Waals surface area contributed by atoms with Gasteiger partial charge in [0.05, 0.1) is 18.8 Å². The van der Waals surface area contributed by atoms with Crippen LogP contribution in [-0.2, 0) is 6.54 Å². The Balaban J connectivity index is 0.00000338. The second-order valence-corrected chi connectivity index (χ2v) is 6.42. The van der Waals surface area contributed by atoms with Crippen LogP contribution in [0.15, 0.2) is 39.8 Å². The van der Waals surface area contributed by atoms with Crippen molar-refractivity contribution in [2.24, 2.45) is 4.99 Å². The molecule has 144 valence electrons. The maximum absolute atomic E-state index is 5.91. The summed E-state index contributed by atoms with van der Waals surface area (Å²) in [5, 5.41) is 10.5. The number of rotatable bonds is 7. The van der Waals surface area contributed by atoms with Crippen LogP contribution in [0.5, 0.6) is 5.75 Å². The number of hydrogen-bond acceptors (Lipinski definition) is 4. The summed E-state index contributed by atoms with van der Waals surface area (Å²) in [7, 11) is 1.74. The lowest BCUT2D eigenvalue weighted by molar-refractivity contribution is 0.223. The van der Waals surface area contributed by atoms with E-state index < -0.39 is 0 Å². The minimum Gasteiger partial charge on any atom is -0.489 e. The molecule has 0 aliphatic rings. The Kier molecular flexibility index (Phi) is 9.47. The predicted octanol–water partition coefficient (Wildman–Crippen LogP) is 3.86. The van der Waals surface area contributed by atoms with E-state index in [1.165, 1.54) is 5.56 Å². The van der Waals surface area contributed by atoms with Gasteiger partial charge in [-0.1, -0.05) is 31.1 Å². The molecule has 0 aliphatic carbocycles. The largest absolute Gasteiger partial charge is 0.489 e. The SMILES string of the molecule is CN=C(NCc1cc(C(C)C)no1)NCC(C)Oc1cccc(C)c1.I. The molecule has 0 saturated carbocycles. The van der Waals surface area contributed by atoms with E-state index in [0.29, 0.717) is 25.0 Å². The third-order valence-corrected chi connectivity index (χ3v) is 3.71. The molecule has 0 saturated heterocycles. The molecule has 0 fully saturated rings. The van der Waals surface area contributed by atoms with Gasteiger partial charge in [0.15, 0.2) is 11.7 Å². The van der Waals surface area contributed by atoms with Crippen molar-refractivity contribution in [1.82, 2.24) is 15.8 Å². The molecule has 1 atom stereocenters. The van der Waals surface area contributed by atoms with Crippen LogP contribution in [-0.4, -0.2) is 30.8 Å². The van der Waals surface area contributed by atoms with Crippen molar-refractivity contribution >= 4 is 29.9 Å². The number of guanidine groups is 1. The molecule has 1 unspecified atom stereocenters. The minimum absolute atomic E-state index is 0. The van der Waals surface area contributed by atoms with Crippen molar-refractivity contribution in [1.29, 1.82) is 0 Å². The van der Waals surface area contributed by atoms with Crippen LogP contribution in [0.3, 0.4) is 0 Å². The smallest absolute Gasteiger partial charge is 0.191 e. The van der Waals surface area contributed by atoms with Gasteiger partial charge in [-0.2, -0.15) is 0 Å². The van der Waals surface area contributed by atoms with Crippen molar-refractivity contribution in [2.75, 3.05) is 13.6 Å². The zero-order valence-corrected chi connectivity index (χ0v) is 18.4. The van der Waals surface area contributed by atoms with Gasteiger partial charge in [-0.3, -0.25) is 4.99 Å². The molecule has 1 heterocycles. The Hall–Kier alpha value is -1.77. The van der Waals surface area contributed by atoms with Gasteiger partial charge in [0, 0.05) is 13.1 Å². The number of halogens is 1. The number of hydrogen-bond donors (Lipinski definition) is 2. The average molecular weight is 472 g/mol. The highest BCUT2D eigenvalue weighted by Crippen LogP contribution is 2.14. The highest BCUT2D eigenvalue weighted by atomic mass is 127. The third-order valence-electron chi connectivity index (χ3n) is 3.71. The lowest BCUT2D eigenvalue weighted by atomic mass is 10.1. The standard InChI is InChI=1S/C19H28N4O2.HI/c1-13(2)18-10-17(25-23-18)12-22-19(20-5)21-11-15(4)24-16-8-6-7-14(3)9-16;/h6-10,13,15H,11-12H2,1-5H3,(H2,20,21,22);1H. The average Bonchev–Trinajstić information content (AvgIpc) is 3.04. The Labute approximate surface area is 172 Å². The molecule has 2 N–H and O–H groups in total. The number of aliphatic imine (C=N–C) groups is 1. The van der Waals surface area contributed by atoms with E-state index in [1.807, 2.05) is 31.2 Å². The quantitative estimate of drug-likeness (QED) is 0.364. The van der Waals surface area contributed by atoms with Gasteiger partial charge < -0.3 is 19.9 Å². The molecule has 0 spiro atoms. The predicted molar refractivity (Wildman–Crippen MR) is 115 cm³/mol. The number of aryl methyl sites for hydroxylation is 1.